The maximum atomic E-state index is 13.5. The molecule has 682 valence electrons. The lowest BCUT2D eigenvalue weighted by atomic mass is 9.48. The number of amides is 3. The van der Waals surface area contributed by atoms with Gasteiger partial charge in [-0.3, -0.25) is 44.5 Å². The van der Waals surface area contributed by atoms with Crippen LogP contribution in [0.5, 0.6) is 52.1 Å². The number of aromatic hydroxyl groups is 1. The first-order valence-electron chi connectivity index (χ1n) is 43.3. The molecule has 3 amide bonds. The number of Topliss-reactive ketones (excluding diaryl/α,β-unsaturated/α-hetero) is 2. The Kier molecular flexibility index (Phi) is 24.4. The van der Waals surface area contributed by atoms with Crippen LogP contribution in [-0.4, -0.2) is 224 Å². The zero-order valence-corrected chi connectivity index (χ0v) is 70.8. The largest absolute Gasteiger partial charge is 0.508 e. The number of nitrogens with one attached hydrogen (secondary N) is 3. The first-order chi connectivity index (χ1) is 60.8. The summed E-state index contributed by atoms with van der Waals surface area (Å²) in [4.78, 5) is 115. The van der Waals surface area contributed by atoms with E-state index in [1.807, 2.05) is 32.0 Å². The van der Waals surface area contributed by atoms with Gasteiger partial charge >= 0.3 is 18.2 Å². The number of nitrogens with two attached hydrogens (primary N) is 1. The predicted octanol–water partition coefficient (Wildman–Crippen LogP) is 11.1. The number of phenolic OH excluding ortho intramolecular Hbond substituents is 1. The Morgan fingerprint density at radius 2 is 0.992 bits per heavy atom. The maximum absolute atomic E-state index is 13.5. The average molecular weight is 1770 g/mol. The highest BCUT2D eigenvalue weighted by atomic mass is 16.6. The van der Waals surface area contributed by atoms with Gasteiger partial charge in [0.25, 0.3) is 5.91 Å². The first-order valence-corrected chi connectivity index (χ1v) is 43.3. The molecule has 4 aromatic heterocycles. The fourth-order valence-corrected chi connectivity index (χ4v) is 22.7. The normalized spacial score (nSPS) is 28.0. The number of likely N-dealkylation sites (tertiary alicyclic amines) is 3. The average Bonchev–Trinajstić information content (AvgIpc) is 1.57. The molecule has 8 aromatic rings. The monoisotopic (exact) mass is 1770 g/mol. The second-order valence-electron chi connectivity index (χ2n) is 35.8. The lowest BCUT2D eigenvalue weighted by Crippen LogP contribution is -2.78. The van der Waals surface area contributed by atoms with Crippen molar-refractivity contribution >= 4 is 58.9 Å². The fourth-order valence-electron chi connectivity index (χ4n) is 22.7. The summed E-state index contributed by atoms with van der Waals surface area (Å²) in [6, 6.07) is 26.4. The van der Waals surface area contributed by atoms with Crippen LogP contribution < -0.4 is 59.6 Å². The van der Waals surface area contributed by atoms with Gasteiger partial charge in [0.15, 0.2) is 52.9 Å². The highest BCUT2D eigenvalue weighted by molar-refractivity contribution is 6.04. The number of carbonyl (C=O) groups is 6. The third kappa shape index (κ3) is 15.5. The number of rotatable bonds is 16. The van der Waals surface area contributed by atoms with E-state index in [-0.39, 0.29) is 87.2 Å². The maximum Gasteiger partial charge on any atom is 0.418 e. The molecular weight excluding hydrogens is 1660 g/mol. The molecule has 34 nitrogen and oxygen atoms in total. The van der Waals surface area contributed by atoms with E-state index in [9.17, 15) is 49.2 Å². The Morgan fingerprint density at radius 3 is 1.57 bits per heavy atom. The Labute approximate surface area is 747 Å². The van der Waals surface area contributed by atoms with Gasteiger partial charge in [-0.15, -0.1) is 0 Å². The molecule has 6 bridgehead atoms. The van der Waals surface area contributed by atoms with Crippen molar-refractivity contribution in [3.63, 3.8) is 0 Å². The molecule has 0 unspecified atom stereocenters. The summed E-state index contributed by atoms with van der Waals surface area (Å²) in [5.41, 5.74) is 7.88. The second-order valence-corrected chi connectivity index (χ2v) is 35.8. The number of nitrogen functional groups attached to an aromatic ring is 1. The van der Waals surface area contributed by atoms with Gasteiger partial charge in [0.05, 0.1) is 60.4 Å². The number of aliphatic hydroxyl groups is 3. The van der Waals surface area contributed by atoms with E-state index in [1.54, 1.807) is 48.5 Å². The number of ketones is 2. The molecule has 4 aromatic carbocycles. The molecule has 9 aliphatic carbocycles. The number of ether oxygens (including phenoxy) is 9. The topological polar surface area (TPSA) is 441 Å². The van der Waals surface area contributed by atoms with Crippen LogP contribution in [0.2, 0.25) is 0 Å². The number of para-hydroxylation sites is 1. The minimum atomic E-state index is -1.36. The number of anilines is 4. The second kappa shape index (κ2) is 35.0. The molecule has 3 spiro atoms. The molecule has 6 aliphatic heterocycles. The van der Waals surface area contributed by atoms with E-state index < -0.39 is 75.4 Å². The molecule has 5 saturated carbocycles. The summed E-state index contributed by atoms with van der Waals surface area (Å²) in [6.07, 6.45) is 15.2. The third-order valence-corrected chi connectivity index (χ3v) is 28.6. The van der Waals surface area contributed by atoms with E-state index >= 15 is 0 Å². The number of piperidine rings is 3. The quantitative estimate of drug-likeness (QED) is 0.0329. The summed E-state index contributed by atoms with van der Waals surface area (Å²) < 4.78 is 50.7. The number of phenols is 1. The van der Waals surface area contributed by atoms with Crippen LogP contribution in [-0.2, 0) is 59.4 Å². The van der Waals surface area contributed by atoms with Crippen molar-refractivity contribution in [1.82, 2.24) is 54.6 Å². The van der Waals surface area contributed by atoms with Crippen LogP contribution in [0.1, 0.15) is 164 Å². The van der Waals surface area contributed by atoms with E-state index in [1.165, 1.54) is 110 Å². The molecule has 10 heterocycles. The number of nitrogens with zero attached hydrogens (tertiary/aromatic N) is 11. The van der Waals surface area contributed by atoms with Crippen molar-refractivity contribution in [3.8, 4) is 52.1 Å². The number of hydrogen-bond donors (Lipinski definition) is 8. The number of benzene rings is 4. The van der Waals surface area contributed by atoms with Crippen LogP contribution in [0.25, 0.3) is 0 Å². The van der Waals surface area contributed by atoms with Crippen LogP contribution in [0.15, 0.2) is 128 Å². The van der Waals surface area contributed by atoms with Gasteiger partial charge in [0.2, 0.25) is 17.6 Å². The van der Waals surface area contributed by atoms with Crippen molar-refractivity contribution < 1.29 is 91.8 Å². The lowest BCUT2D eigenvalue weighted by Gasteiger charge is -2.63. The van der Waals surface area contributed by atoms with Gasteiger partial charge in [0.1, 0.15) is 71.4 Å². The van der Waals surface area contributed by atoms with Crippen LogP contribution in [0, 0.1) is 31.6 Å². The SMILES string of the molecule is C.C.C.CC(=O)Oc1ccc2c3c1O[C@H]1C(=O)CC[C@@]4(O)[C@@H](C2)N(CC2CC2)CC[C@]314.COc1cc(N)ncn1.COc1cc(NC(=O)C2=C(O)[C@@H]3Oc4c(O)ccc5c4[C@@]34CCN(CC3CC3)[C@H](C5)[C@]4(O)C2)ncn1.COc1cc(NC(=O)Oc2ccccc2)ncn1.Cc1cc(NC(=O)O[C@@]23CCC(=O)[C@@H]4Oc5c(C)ccc6c5[C@@]42CCN(CC2CC2)[C@@H]3C6)ncn1. The Bertz CT molecular complexity index is 5720. The van der Waals surface area contributed by atoms with Crippen molar-refractivity contribution in [1.29, 1.82) is 0 Å². The minimum absolute atomic E-state index is 0. The number of methoxy groups -OCH3 is 3. The van der Waals surface area contributed by atoms with E-state index in [0.717, 1.165) is 115 Å². The third-order valence-electron chi connectivity index (χ3n) is 28.6. The van der Waals surface area contributed by atoms with Gasteiger partial charge in [0, 0.05) is 105 Å². The first kappa shape index (κ1) is 90.1. The lowest BCUT2D eigenvalue weighted by molar-refractivity contribution is -0.188. The fraction of sp³-hybridized carbons (Fsp3) is 0.495. The number of aryl methyl sites for hydroxylation is 2. The van der Waals surface area contributed by atoms with E-state index in [0.29, 0.717) is 103 Å². The summed E-state index contributed by atoms with van der Waals surface area (Å²) in [6.45, 7) is 10.7. The molecule has 3 saturated heterocycles. The number of carbonyl (C=O) groups excluding carboxylic acids is 6. The van der Waals surface area contributed by atoms with Gasteiger partial charge in [-0.05, 0) is 188 Å². The van der Waals surface area contributed by atoms with Crippen molar-refractivity contribution in [2.75, 3.05) is 82.3 Å². The number of esters is 1. The molecule has 34 heteroatoms. The smallest absolute Gasteiger partial charge is 0.418 e. The molecular formula is C95H113N15O19. The summed E-state index contributed by atoms with van der Waals surface area (Å²) in [7, 11) is 4.47. The van der Waals surface area contributed by atoms with Crippen LogP contribution in [0.4, 0.5) is 32.9 Å². The summed E-state index contributed by atoms with van der Waals surface area (Å²) in [5, 5.41) is 54.9. The zero-order valence-electron chi connectivity index (χ0n) is 70.8. The van der Waals surface area contributed by atoms with Gasteiger partial charge in [-0.1, -0.05) is 64.7 Å². The minimum Gasteiger partial charge on any atom is -0.508 e. The molecule has 15 aliphatic rings. The van der Waals surface area contributed by atoms with E-state index in [2.05, 4.69) is 82.7 Å². The van der Waals surface area contributed by atoms with Crippen LogP contribution >= 0.6 is 0 Å². The Morgan fingerprint density at radius 1 is 0.512 bits per heavy atom. The van der Waals surface area contributed by atoms with Gasteiger partial charge < -0.3 is 74.1 Å². The molecule has 0 radical (unpaired) electrons. The van der Waals surface area contributed by atoms with Gasteiger partial charge in [-0.2, -0.15) is 0 Å². The zero-order chi connectivity index (χ0) is 87.5. The summed E-state index contributed by atoms with van der Waals surface area (Å²) in [5.74, 6) is 6.00. The molecule has 9 N–H and O–H groups in total. The standard InChI is InChI=1S/C27H30N4O4.C26H28N4O6.C22H25NO5.C12H11N3O3.C5H7N3O.3CH4/c1-15-3-6-18-12-20-27(35-25(33)30-21-11-16(2)28-14-29-21)8-7-19(32)24-26(27,22(18)23(15)34-24)9-10-31(20)13-17-4-5-17;1-35-19-9-18(27-12-28-19)29-24(33)15-10-26(34)17-8-14-4-5-16(31)22-20(14)25(26,23(36-22)21(15)32)6-7-30(17)11-13-2-3-13;1-12(24)27-16-5-4-14-10-17-22(26)7-6-15(25)20-21(22,18(14)19(16)28-20)8-9-23(17)11-13-2-3-13;1-17-11-7-10(13-8-14-11)15-12(16)18-9-5-3-2-4-6-9;1-9-5-2-4(6)7-3-8-5;;;/h3,6,11,14,17,20,24H,4-5,7-10,12-13H2,1-2H3,(H,28,29,30,33);4-5,9,12-13,17,23,31-32,34H,2-3,6-8,10-11H2,1H3,(H,27,28,29,33);4-5,13,17,20,26H,2-3,6-11H2,1H3;2-8H,1H3,(H,13,14,15,16);2-3H,1H3,(H2,6,7,8);3*1H4/t20-,24+,26+,27-;17-,23+,25+,26-;17-,20+,21+,22-;;;;;/m111...../s1. The molecule has 12 atom stereocenters. The summed E-state index contributed by atoms with van der Waals surface area (Å²) >= 11 is 0. The number of hydrogen-bond acceptors (Lipinski definition) is 31. The highest BCUT2D eigenvalue weighted by Crippen LogP contribution is 2.70. The van der Waals surface area contributed by atoms with Gasteiger partial charge in [-0.25, -0.2) is 49.5 Å². The van der Waals surface area contributed by atoms with E-state index in [4.69, 9.17) is 48.4 Å². The molecule has 23 rings (SSSR count). The van der Waals surface area contributed by atoms with Crippen molar-refractivity contribution in [2.45, 2.75) is 222 Å². The molecule has 8 fully saturated rings. The Hall–Kier alpha value is -12.2. The Balaban J connectivity index is 0.000000124. The predicted molar refractivity (Wildman–Crippen MR) is 472 cm³/mol. The van der Waals surface area contributed by atoms with Crippen LogP contribution in [0.3, 0.4) is 0 Å². The van der Waals surface area contributed by atoms with Crippen molar-refractivity contribution in [2.24, 2.45) is 17.8 Å². The molecule has 129 heavy (non-hydrogen) atoms. The number of aliphatic hydroxyl groups excluding tert-OH is 1. The highest BCUT2D eigenvalue weighted by Gasteiger charge is 2.78. The number of aromatic nitrogens is 8. The van der Waals surface area contributed by atoms with Crippen molar-refractivity contribution in [3.05, 3.63) is 172 Å².